The molecule has 0 heterocycles. The number of halogens is 2. The number of amidine groups is 1. The first-order valence-corrected chi connectivity index (χ1v) is 9.32. The van der Waals surface area contributed by atoms with Gasteiger partial charge in [0.05, 0.1) is 6.54 Å². The van der Waals surface area contributed by atoms with Crippen molar-refractivity contribution < 1.29 is 18.4 Å². The van der Waals surface area contributed by atoms with Crippen LogP contribution in [0, 0.1) is 17.0 Å². The molecule has 7 nitrogen and oxygen atoms in total. The standard InChI is InChI=1S/C13H19N5O2.C8H8F2/c1-8(18-11(19)6-14)13(20)17-7-9-2-4-10(5-3-9)12(15)16;1-2-6-5-7(9)3-4-8(6)10/h2-5,8H,6-7,14H2,1H3,(H3,15,16)(H,17,20)(H,18,19);3-5H,2H2,1H3. The minimum atomic E-state index is -0.637. The van der Waals surface area contributed by atoms with Gasteiger partial charge in [-0.1, -0.05) is 31.2 Å². The lowest BCUT2D eigenvalue weighted by molar-refractivity contribution is -0.128. The first-order valence-electron chi connectivity index (χ1n) is 9.32. The lowest BCUT2D eigenvalue weighted by Gasteiger charge is -2.13. The number of nitrogens with one attached hydrogen (secondary N) is 3. The van der Waals surface area contributed by atoms with Crippen LogP contribution in [0.25, 0.3) is 0 Å². The summed E-state index contributed by atoms with van der Waals surface area (Å²) < 4.78 is 25.0. The van der Waals surface area contributed by atoms with Gasteiger partial charge in [0.25, 0.3) is 0 Å². The summed E-state index contributed by atoms with van der Waals surface area (Å²) in [7, 11) is 0. The van der Waals surface area contributed by atoms with E-state index in [-0.39, 0.29) is 35.8 Å². The summed E-state index contributed by atoms with van der Waals surface area (Å²) in [6, 6.07) is 9.83. The number of nitrogens with two attached hydrogens (primary N) is 2. The minimum Gasteiger partial charge on any atom is -0.384 e. The maximum atomic E-state index is 12.6. The largest absolute Gasteiger partial charge is 0.384 e. The average Bonchev–Trinajstić information content (AvgIpc) is 2.74. The van der Waals surface area contributed by atoms with E-state index in [0.29, 0.717) is 24.1 Å². The highest BCUT2D eigenvalue weighted by Gasteiger charge is 2.14. The summed E-state index contributed by atoms with van der Waals surface area (Å²) in [5.74, 6) is -1.37. The van der Waals surface area contributed by atoms with Gasteiger partial charge in [-0.25, -0.2) is 8.78 Å². The van der Waals surface area contributed by atoms with Crippen LogP contribution in [0.3, 0.4) is 0 Å². The Morgan fingerprint density at radius 3 is 2.27 bits per heavy atom. The molecule has 30 heavy (non-hydrogen) atoms. The molecular weight excluding hydrogens is 392 g/mol. The van der Waals surface area contributed by atoms with E-state index in [4.69, 9.17) is 16.9 Å². The Bertz CT molecular complexity index is 872. The Morgan fingerprint density at radius 1 is 1.13 bits per heavy atom. The van der Waals surface area contributed by atoms with Gasteiger partial charge in [-0.2, -0.15) is 0 Å². The van der Waals surface area contributed by atoms with Crippen LogP contribution in [-0.2, 0) is 22.6 Å². The highest BCUT2D eigenvalue weighted by Crippen LogP contribution is 2.09. The molecule has 2 amide bonds. The molecule has 0 saturated carbocycles. The monoisotopic (exact) mass is 419 g/mol. The molecule has 2 aromatic carbocycles. The number of carbonyl (C=O) groups excluding carboxylic acids is 2. The van der Waals surface area contributed by atoms with Crippen molar-refractivity contribution in [2.45, 2.75) is 32.9 Å². The van der Waals surface area contributed by atoms with E-state index in [1.54, 1.807) is 38.1 Å². The summed E-state index contributed by atoms with van der Waals surface area (Å²) in [6.07, 6.45) is 0.531. The molecule has 0 fully saturated rings. The van der Waals surface area contributed by atoms with Crippen molar-refractivity contribution in [3.8, 4) is 0 Å². The molecule has 0 aliphatic heterocycles. The van der Waals surface area contributed by atoms with Crippen LogP contribution in [0.2, 0.25) is 0 Å². The van der Waals surface area contributed by atoms with Crippen LogP contribution in [-0.4, -0.2) is 30.2 Å². The first kappa shape index (κ1) is 24.7. The second-order valence-electron chi connectivity index (χ2n) is 6.41. The Morgan fingerprint density at radius 2 is 1.77 bits per heavy atom. The quantitative estimate of drug-likeness (QED) is 0.344. The summed E-state index contributed by atoms with van der Waals surface area (Å²) in [5.41, 5.74) is 12.4. The third-order valence-corrected chi connectivity index (χ3v) is 4.08. The van der Waals surface area contributed by atoms with E-state index >= 15 is 0 Å². The first-order chi connectivity index (χ1) is 14.2. The van der Waals surface area contributed by atoms with E-state index < -0.39 is 6.04 Å². The summed E-state index contributed by atoms with van der Waals surface area (Å²) in [6.45, 7) is 3.56. The van der Waals surface area contributed by atoms with E-state index in [1.807, 2.05) is 0 Å². The molecular formula is C21H27F2N5O2. The summed E-state index contributed by atoms with van der Waals surface area (Å²) in [5, 5.41) is 12.4. The molecule has 1 unspecified atom stereocenters. The average molecular weight is 419 g/mol. The van der Waals surface area contributed by atoms with Crippen molar-refractivity contribution in [3.05, 3.63) is 70.8 Å². The Kier molecular flexibility index (Phi) is 10.1. The van der Waals surface area contributed by atoms with Crippen molar-refractivity contribution in [2.24, 2.45) is 11.5 Å². The van der Waals surface area contributed by atoms with Crippen molar-refractivity contribution in [2.75, 3.05) is 6.54 Å². The predicted octanol–water partition coefficient (Wildman–Crippen LogP) is 1.58. The summed E-state index contributed by atoms with van der Waals surface area (Å²) >= 11 is 0. The molecule has 0 aromatic heterocycles. The number of aryl methyl sites for hydroxylation is 1. The number of rotatable bonds is 7. The maximum absolute atomic E-state index is 12.6. The third-order valence-electron chi connectivity index (χ3n) is 4.08. The van der Waals surface area contributed by atoms with Crippen molar-refractivity contribution in [1.82, 2.24) is 10.6 Å². The number of benzene rings is 2. The summed E-state index contributed by atoms with van der Waals surface area (Å²) in [4.78, 5) is 22.8. The molecule has 0 radical (unpaired) electrons. The minimum absolute atomic E-state index is 0.00120. The smallest absolute Gasteiger partial charge is 0.242 e. The van der Waals surface area contributed by atoms with Gasteiger partial charge in [0.2, 0.25) is 11.8 Å². The van der Waals surface area contributed by atoms with Gasteiger partial charge in [-0.3, -0.25) is 15.0 Å². The molecule has 9 heteroatoms. The van der Waals surface area contributed by atoms with Gasteiger partial charge >= 0.3 is 0 Å². The van der Waals surface area contributed by atoms with E-state index in [9.17, 15) is 18.4 Å². The number of nitrogen functional groups attached to an aromatic ring is 1. The fraction of sp³-hybridized carbons (Fsp3) is 0.286. The Balaban J connectivity index is 0.000000375. The molecule has 0 spiro atoms. The second-order valence-corrected chi connectivity index (χ2v) is 6.41. The molecule has 0 saturated heterocycles. The van der Waals surface area contributed by atoms with Gasteiger partial charge in [0.1, 0.15) is 23.5 Å². The zero-order chi connectivity index (χ0) is 22.7. The number of hydrogen-bond donors (Lipinski definition) is 5. The topological polar surface area (TPSA) is 134 Å². The lowest BCUT2D eigenvalue weighted by Crippen LogP contribution is -2.46. The van der Waals surface area contributed by atoms with Gasteiger partial charge in [0, 0.05) is 12.1 Å². The lowest BCUT2D eigenvalue weighted by atomic mass is 10.1. The predicted molar refractivity (Wildman–Crippen MR) is 112 cm³/mol. The van der Waals surface area contributed by atoms with Crippen LogP contribution in [0.1, 0.15) is 30.5 Å². The maximum Gasteiger partial charge on any atom is 0.242 e. The van der Waals surface area contributed by atoms with Gasteiger partial charge < -0.3 is 22.1 Å². The SMILES string of the molecule is CC(NC(=O)CN)C(=O)NCc1ccc(C(=N)N)cc1.CCc1cc(F)ccc1F. The zero-order valence-corrected chi connectivity index (χ0v) is 17.0. The molecule has 7 N–H and O–H groups in total. The van der Waals surface area contributed by atoms with Gasteiger partial charge in [-0.05, 0) is 42.7 Å². The normalized spacial score (nSPS) is 11.0. The highest BCUT2D eigenvalue weighted by atomic mass is 19.1. The third kappa shape index (κ3) is 8.36. The molecule has 0 bridgehead atoms. The van der Waals surface area contributed by atoms with Gasteiger partial charge in [-0.15, -0.1) is 0 Å². The fourth-order valence-corrected chi connectivity index (χ4v) is 2.32. The van der Waals surface area contributed by atoms with E-state index in [2.05, 4.69) is 10.6 Å². The van der Waals surface area contributed by atoms with Crippen LogP contribution in [0.5, 0.6) is 0 Å². The molecule has 1 atom stereocenters. The number of hydrogen-bond acceptors (Lipinski definition) is 4. The van der Waals surface area contributed by atoms with Crippen LogP contribution in [0.4, 0.5) is 8.78 Å². The number of amides is 2. The zero-order valence-electron chi connectivity index (χ0n) is 17.0. The molecule has 2 aromatic rings. The van der Waals surface area contributed by atoms with Crippen LogP contribution >= 0.6 is 0 Å². The highest BCUT2D eigenvalue weighted by molar-refractivity contribution is 5.94. The van der Waals surface area contributed by atoms with Crippen LogP contribution in [0.15, 0.2) is 42.5 Å². The van der Waals surface area contributed by atoms with E-state index in [0.717, 1.165) is 17.7 Å². The van der Waals surface area contributed by atoms with E-state index in [1.165, 1.54) is 6.07 Å². The second kappa shape index (κ2) is 12.3. The van der Waals surface area contributed by atoms with Crippen molar-refractivity contribution >= 4 is 17.6 Å². The van der Waals surface area contributed by atoms with Crippen molar-refractivity contribution in [1.29, 1.82) is 5.41 Å². The molecule has 0 aliphatic rings. The molecule has 162 valence electrons. The molecule has 0 aliphatic carbocycles. The number of carbonyl (C=O) groups is 2. The fourth-order valence-electron chi connectivity index (χ4n) is 2.32. The van der Waals surface area contributed by atoms with Gasteiger partial charge in [0.15, 0.2) is 0 Å². The Labute approximate surface area is 174 Å². The molecule has 2 rings (SSSR count). The van der Waals surface area contributed by atoms with Crippen LogP contribution < -0.4 is 22.1 Å². The van der Waals surface area contributed by atoms with Crippen molar-refractivity contribution in [3.63, 3.8) is 0 Å². The Hall–Kier alpha value is -3.33.